The number of allylic oxidation sites excluding steroid dienone is 1. The molecule has 4 rings (SSSR count). The van der Waals surface area contributed by atoms with Crippen LogP contribution in [0.2, 0.25) is 0 Å². The zero-order valence-corrected chi connectivity index (χ0v) is 19.1. The van der Waals surface area contributed by atoms with E-state index in [1.165, 1.54) is 12.1 Å². The molecule has 166 valence electrons. The molecule has 0 aliphatic rings. The molecule has 0 aliphatic heterocycles. The van der Waals surface area contributed by atoms with E-state index in [0.717, 1.165) is 26.5 Å². The van der Waals surface area contributed by atoms with E-state index >= 15 is 0 Å². The highest BCUT2D eigenvalue weighted by Gasteiger charge is 2.12. The second-order valence-corrected chi connectivity index (χ2v) is 8.10. The molecule has 7 heteroatoms. The molecule has 4 aromatic rings. The molecule has 0 atom stereocenters. The van der Waals surface area contributed by atoms with Gasteiger partial charge < -0.3 is 9.15 Å². The third-order valence-electron chi connectivity index (χ3n) is 4.83. The minimum Gasteiger partial charge on any atom is -0.487 e. The summed E-state index contributed by atoms with van der Waals surface area (Å²) in [6.07, 6.45) is 3.89. The van der Waals surface area contributed by atoms with Crippen LogP contribution in [-0.2, 0) is 13.0 Å². The van der Waals surface area contributed by atoms with Crippen molar-refractivity contribution in [3.05, 3.63) is 112 Å². The van der Waals surface area contributed by atoms with Crippen LogP contribution in [-0.4, -0.2) is 12.1 Å². The fourth-order valence-electron chi connectivity index (χ4n) is 3.27. The van der Waals surface area contributed by atoms with Crippen molar-refractivity contribution in [1.29, 1.82) is 0 Å². The largest absolute Gasteiger partial charge is 0.487 e. The molecule has 3 aromatic carbocycles. The molecule has 5 nitrogen and oxygen atoms in total. The number of carbonyl (C=O) groups excluding carboxylic acids is 1. The highest BCUT2D eigenvalue weighted by Crippen LogP contribution is 2.32. The van der Waals surface area contributed by atoms with Crippen LogP contribution in [0.1, 0.15) is 27.2 Å². The lowest BCUT2D eigenvalue weighted by Gasteiger charge is -2.14. The summed E-state index contributed by atoms with van der Waals surface area (Å²) in [7, 11) is 0. The zero-order valence-electron chi connectivity index (χ0n) is 17.6. The number of hydrogen-bond donors (Lipinski definition) is 1. The predicted molar refractivity (Wildman–Crippen MR) is 130 cm³/mol. The monoisotopic (exact) mass is 506 g/mol. The Balaban J connectivity index is 1.46. The molecule has 1 N–H and O–H groups in total. The SMILES string of the molecule is C=CCc1cc(/C=N/NC(=O)c2cc3ccccc3o2)cc(Br)c1OCc1ccc(F)cc1. The number of amides is 1. The number of fused-ring (bicyclic) bond motifs is 1. The van der Waals surface area contributed by atoms with Crippen LogP contribution in [0.4, 0.5) is 4.39 Å². The average molecular weight is 507 g/mol. The Kier molecular flexibility index (Phi) is 7.00. The van der Waals surface area contributed by atoms with E-state index in [2.05, 4.69) is 33.0 Å². The minimum absolute atomic E-state index is 0.186. The van der Waals surface area contributed by atoms with Gasteiger partial charge >= 0.3 is 5.91 Å². The van der Waals surface area contributed by atoms with Gasteiger partial charge in [0.05, 0.1) is 10.7 Å². The summed E-state index contributed by atoms with van der Waals surface area (Å²) >= 11 is 3.55. The van der Waals surface area contributed by atoms with E-state index in [1.54, 1.807) is 36.6 Å². The van der Waals surface area contributed by atoms with Gasteiger partial charge in [-0.3, -0.25) is 4.79 Å². The number of rotatable bonds is 8. The number of hydrazone groups is 1. The van der Waals surface area contributed by atoms with Crippen LogP contribution in [0.15, 0.2) is 93.4 Å². The lowest BCUT2D eigenvalue weighted by molar-refractivity contribution is 0.0929. The van der Waals surface area contributed by atoms with Crippen molar-refractivity contribution in [2.45, 2.75) is 13.0 Å². The number of hydrogen-bond acceptors (Lipinski definition) is 4. The van der Waals surface area contributed by atoms with Crippen molar-refractivity contribution in [2.75, 3.05) is 0 Å². The number of ether oxygens (including phenoxy) is 1. The first-order valence-corrected chi connectivity index (χ1v) is 11.0. The van der Waals surface area contributed by atoms with Gasteiger partial charge in [-0.25, -0.2) is 9.82 Å². The quantitative estimate of drug-likeness (QED) is 0.170. The first kappa shape index (κ1) is 22.5. The van der Waals surface area contributed by atoms with Gasteiger partial charge in [0.15, 0.2) is 5.76 Å². The summed E-state index contributed by atoms with van der Waals surface area (Å²) < 4.78 is 25.4. The van der Waals surface area contributed by atoms with Gasteiger partial charge in [-0.15, -0.1) is 6.58 Å². The number of benzene rings is 3. The fourth-order valence-corrected chi connectivity index (χ4v) is 3.90. The Morgan fingerprint density at radius 2 is 1.94 bits per heavy atom. The number of halogens is 2. The number of nitrogens with one attached hydrogen (secondary N) is 1. The molecule has 0 radical (unpaired) electrons. The number of carbonyl (C=O) groups is 1. The van der Waals surface area contributed by atoms with Gasteiger partial charge in [-0.05, 0) is 75.4 Å². The summed E-state index contributed by atoms with van der Waals surface area (Å²) in [5.41, 5.74) is 5.63. The zero-order chi connectivity index (χ0) is 23.2. The maximum Gasteiger partial charge on any atom is 0.307 e. The molecule has 1 amide bonds. The second kappa shape index (κ2) is 10.3. The third-order valence-corrected chi connectivity index (χ3v) is 5.42. The van der Waals surface area contributed by atoms with Crippen molar-refractivity contribution in [1.82, 2.24) is 5.43 Å². The van der Waals surface area contributed by atoms with Crippen LogP contribution >= 0.6 is 15.9 Å². The maximum absolute atomic E-state index is 13.1. The van der Waals surface area contributed by atoms with Gasteiger partial charge in [0, 0.05) is 5.39 Å². The van der Waals surface area contributed by atoms with Gasteiger partial charge in [0.1, 0.15) is 23.8 Å². The minimum atomic E-state index is -0.438. The van der Waals surface area contributed by atoms with Crippen LogP contribution in [0.5, 0.6) is 5.75 Å². The van der Waals surface area contributed by atoms with Gasteiger partial charge in [0.25, 0.3) is 0 Å². The predicted octanol–water partition coefficient (Wildman–Crippen LogP) is 6.41. The van der Waals surface area contributed by atoms with Crippen molar-refractivity contribution in [2.24, 2.45) is 5.10 Å². The highest BCUT2D eigenvalue weighted by atomic mass is 79.9. The van der Waals surface area contributed by atoms with Crippen molar-refractivity contribution >= 4 is 39.0 Å². The van der Waals surface area contributed by atoms with Crippen molar-refractivity contribution in [3.63, 3.8) is 0 Å². The average Bonchev–Trinajstić information content (AvgIpc) is 3.24. The van der Waals surface area contributed by atoms with Crippen molar-refractivity contribution < 1.29 is 18.3 Å². The highest BCUT2D eigenvalue weighted by molar-refractivity contribution is 9.10. The van der Waals surface area contributed by atoms with E-state index in [4.69, 9.17) is 9.15 Å². The summed E-state index contributed by atoms with van der Waals surface area (Å²) in [5.74, 6) is 0.129. The fraction of sp³-hybridized carbons (Fsp3) is 0.0769. The third kappa shape index (κ3) is 5.56. The Morgan fingerprint density at radius 3 is 2.70 bits per heavy atom. The molecule has 0 fully saturated rings. The molecule has 0 unspecified atom stereocenters. The summed E-state index contributed by atoms with van der Waals surface area (Å²) in [6.45, 7) is 4.10. The molecule has 1 aromatic heterocycles. The normalized spacial score (nSPS) is 11.1. The lowest BCUT2D eigenvalue weighted by Crippen LogP contribution is -2.16. The molecular formula is C26H20BrFN2O3. The molecule has 0 saturated carbocycles. The Hall–Kier alpha value is -3.71. The molecule has 1 heterocycles. The van der Waals surface area contributed by atoms with E-state index in [-0.39, 0.29) is 11.6 Å². The first-order chi connectivity index (χ1) is 16.0. The van der Waals surface area contributed by atoms with E-state index in [9.17, 15) is 9.18 Å². The van der Waals surface area contributed by atoms with Crippen LogP contribution < -0.4 is 10.2 Å². The molecule has 0 saturated heterocycles. The van der Waals surface area contributed by atoms with Crippen LogP contribution in [0.25, 0.3) is 11.0 Å². The van der Waals surface area contributed by atoms with E-state index in [1.807, 2.05) is 30.3 Å². The van der Waals surface area contributed by atoms with Crippen LogP contribution in [0.3, 0.4) is 0 Å². The topological polar surface area (TPSA) is 63.8 Å². The smallest absolute Gasteiger partial charge is 0.307 e. The molecule has 0 bridgehead atoms. The van der Waals surface area contributed by atoms with E-state index in [0.29, 0.717) is 24.4 Å². The van der Waals surface area contributed by atoms with Gasteiger partial charge in [-0.2, -0.15) is 5.10 Å². The van der Waals surface area contributed by atoms with Crippen LogP contribution in [0, 0.1) is 5.82 Å². The Bertz CT molecular complexity index is 1300. The molecular weight excluding hydrogens is 487 g/mol. The van der Waals surface area contributed by atoms with Gasteiger partial charge in [-0.1, -0.05) is 36.4 Å². The standard InChI is InChI=1S/C26H20BrFN2O3/c1-2-5-20-12-18(13-22(27)25(20)32-16-17-8-10-21(28)11-9-17)15-29-30-26(31)24-14-19-6-3-4-7-23(19)33-24/h2-4,6-15H,1,5,16H2,(H,30,31)/b29-15+. The summed E-state index contributed by atoms with van der Waals surface area (Å²) in [5, 5.41) is 4.90. The lowest BCUT2D eigenvalue weighted by atomic mass is 10.1. The van der Waals surface area contributed by atoms with Gasteiger partial charge in [0.2, 0.25) is 0 Å². The first-order valence-electron chi connectivity index (χ1n) is 10.2. The Labute approximate surface area is 198 Å². The number of nitrogens with zero attached hydrogens (tertiary/aromatic N) is 1. The molecule has 0 aliphatic carbocycles. The summed E-state index contributed by atoms with van der Waals surface area (Å²) in [6, 6.07) is 19.0. The summed E-state index contributed by atoms with van der Waals surface area (Å²) in [4.78, 5) is 12.4. The maximum atomic E-state index is 13.1. The Morgan fingerprint density at radius 1 is 1.15 bits per heavy atom. The molecule has 33 heavy (non-hydrogen) atoms. The molecule has 0 spiro atoms. The number of para-hydroxylation sites is 1. The second-order valence-electron chi connectivity index (χ2n) is 7.25. The number of furan rings is 1. The van der Waals surface area contributed by atoms with E-state index < -0.39 is 5.91 Å². The van der Waals surface area contributed by atoms with Crippen molar-refractivity contribution in [3.8, 4) is 5.75 Å².